The first-order valence-electron chi connectivity index (χ1n) is 20.5. The number of hydrogen-bond donors (Lipinski definition) is 0. The summed E-state index contributed by atoms with van der Waals surface area (Å²) in [6.07, 6.45) is 8.76. The molecule has 0 bridgehead atoms. The predicted octanol–water partition coefficient (Wildman–Crippen LogP) is 4.71. The highest BCUT2D eigenvalue weighted by atomic mass is 16.6. The Labute approximate surface area is 335 Å². The van der Waals surface area contributed by atoms with E-state index in [0.29, 0.717) is 157 Å². The van der Waals surface area contributed by atoms with Crippen molar-refractivity contribution in [2.75, 3.05) is 159 Å². The smallest absolute Gasteiger partial charge is 0.338 e. The second kappa shape index (κ2) is 43.8. The van der Waals surface area contributed by atoms with Crippen molar-refractivity contribution < 1.29 is 71.2 Å². The van der Waals surface area contributed by atoms with Crippen molar-refractivity contribution in [1.29, 1.82) is 0 Å². The van der Waals surface area contributed by atoms with Gasteiger partial charge in [-0.3, -0.25) is 4.79 Å². The van der Waals surface area contributed by atoms with Gasteiger partial charge in [0.25, 0.3) is 0 Å². The topological polar surface area (TPSA) is 154 Å². The predicted molar refractivity (Wildman–Crippen MR) is 209 cm³/mol. The van der Waals surface area contributed by atoms with Crippen LogP contribution in [-0.2, 0) is 66.4 Å². The van der Waals surface area contributed by atoms with E-state index in [0.717, 1.165) is 12.8 Å². The van der Waals surface area contributed by atoms with E-state index in [1.807, 2.05) is 6.07 Å². The van der Waals surface area contributed by atoms with Gasteiger partial charge in [0, 0.05) is 6.42 Å². The van der Waals surface area contributed by atoms with Gasteiger partial charge in [0.1, 0.15) is 13.2 Å². The van der Waals surface area contributed by atoms with Crippen LogP contribution in [0.5, 0.6) is 0 Å². The minimum absolute atomic E-state index is 0.145. The molecule has 0 spiro atoms. The molecule has 0 heterocycles. The van der Waals surface area contributed by atoms with Crippen LogP contribution in [-0.4, -0.2) is 171 Å². The summed E-state index contributed by atoms with van der Waals surface area (Å²) >= 11 is 0. The van der Waals surface area contributed by atoms with Crippen molar-refractivity contribution >= 4 is 11.9 Å². The van der Waals surface area contributed by atoms with Crippen LogP contribution in [0.4, 0.5) is 0 Å². The van der Waals surface area contributed by atoms with Gasteiger partial charge in [-0.2, -0.15) is 0 Å². The first kappa shape index (κ1) is 51.7. The molecular formula is C41H72O15. The van der Waals surface area contributed by atoms with Crippen molar-refractivity contribution in [2.24, 2.45) is 0 Å². The molecule has 0 saturated heterocycles. The van der Waals surface area contributed by atoms with Crippen LogP contribution in [0.2, 0.25) is 0 Å². The second-order valence-corrected chi connectivity index (χ2v) is 12.3. The number of benzene rings is 1. The summed E-state index contributed by atoms with van der Waals surface area (Å²) in [4.78, 5) is 23.5. The molecule has 0 aliphatic heterocycles. The summed E-state index contributed by atoms with van der Waals surface area (Å²) in [6.45, 7) is 12.9. The van der Waals surface area contributed by atoms with Gasteiger partial charge in [0.15, 0.2) is 0 Å². The number of carbonyl (C=O) groups is 2. The highest BCUT2D eigenvalue weighted by Gasteiger charge is 2.05. The Balaban J connectivity index is 1.63. The van der Waals surface area contributed by atoms with Crippen LogP contribution < -0.4 is 0 Å². The van der Waals surface area contributed by atoms with Gasteiger partial charge in [-0.25, -0.2) is 4.79 Å². The molecule has 326 valence electrons. The molecule has 0 aromatic heterocycles. The maximum absolute atomic E-state index is 11.8. The Morgan fingerprint density at radius 2 is 0.643 bits per heavy atom. The van der Waals surface area contributed by atoms with Crippen molar-refractivity contribution in [3.05, 3.63) is 35.9 Å². The highest BCUT2D eigenvalue weighted by molar-refractivity contribution is 5.89. The standard InChI is InChI=1S/C41H72O15/c1-2-3-4-5-6-7-11-14-40(42)55-37-35-53-33-31-51-29-27-49-25-23-47-21-19-45-17-15-44-16-18-46-20-22-48-24-26-50-28-30-52-32-34-54-36-38-56-41(43)39-12-9-8-10-13-39/h8-10,12-13H,2-7,11,14-38H2,1H3. The lowest BCUT2D eigenvalue weighted by Crippen LogP contribution is -2.16. The largest absolute Gasteiger partial charge is 0.463 e. The lowest BCUT2D eigenvalue weighted by molar-refractivity contribution is -0.145. The molecule has 0 N–H and O–H groups in total. The number of carbonyl (C=O) groups excluding carboxylic acids is 2. The van der Waals surface area contributed by atoms with Crippen molar-refractivity contribution in [3.63, 3.8) is 0 Å². The SMILES string of the molecule is CCCCCCCCCC(=O)OCCOCCOCCOCCOCCOCCOCCOCCOCCOCCOCCOCCOC(=O)c1ccccc1. The summed E-state index contributed by atoms with van der Waals surface area (Å²) in [6, 6.07) is 8.85. The second-order valence-electron chi connectivity index (χ2n) is 12.3. The number of esters is 2. The third kappa shape index (κ3) is 38.6. The molecule has 0 fully saturated rings. The van der Waals surface area contributed by atoms with Gasteiger partial charge in [-0.15, -0.1) is 0 Å². The zero-order valence-corrected chi connectivity index (χ0v) is 34.1. The Bertz CT molecular complexity index is 956. The van der Waals surface area contributed by atoms with Crippen LogP contribution in [0, 0.1) is 0 Å². The van der Waals surface area contributed by atoms with Gasteiger partial charge in [-0.1, -0.05) is 63.6 Å². The summed E-state index contributed by atoms with van der Waals surface area (Å²) in [5.41, 5.74) is 0.522. The summed E-state index contributed by atoms with van der Waals surface area (Å²) < 4.78 is 70.5. The highest BCUT2D eigenvalue weighted by Crippen LogP contribution is 2.09. The number of ether oxygens (including phenoxy) is 13. The monoisotopic (exact) mass is 804 g/mol. The van der Waals surface area contributed by atoms with Crippen LogP contribution in [0.1, 0.15) is 68.6 Å². The van der Waals surface area contributed by atoms with Crippen molar-refractivity contribution in [2.45, 2.75) is 58.3 Å². The zero-order valence-electron chi connectivity index (χ0n) is 34.1. The van der Waals surface area contributed by atoms with E-state index in [2.05, 4.69) is 6.92 Å². The fourth-order valence-corrected chi connectivity index (χ4v) is 4.67. The van der Waals surface area contributed by atoms with Gasteiger partial charge >= 0.3 is 11.9 Å². The fraction of sp³-hybridized carbons (Fsp3) is 0.805. The number of rotatable bonds is 45. The molecule has 0 amide bonds. The molecule has 0 radical (unpaired) electrons. The van der Waals surface area contributed by atoms with Gasteiger partial charge in [0.05, 0.1) is 151 Å². The van der Waals surface area contributed by atoms with E-state index < -0.39 is 0 Å². The lowest BCUT2D eigenvalue weighted by atomic mass is 10.1. The Morgan fingerprint density at radius 1 is 0.357 bits per heavy atom. The van der Waals surface area contributed by atoms with Crippen LogP contribution in [0.3, 0.4) is 0 Å². The molecule has 0 saturated carbocycles. The van der Waals surface area contributed by atoms with Crippen LogP contribution in [0.15, 0.2) is 30.3 Å². The Hall–Kier alpha value is -2.28. The van der Waals surface area contributed by atoms with E-state index in [4.69, 9.17) is 61.6 Å². The Morgan fingerprint density at radius 3 is 0.982 bits per heavy atom. The summed E-state index contributed by atoms with van der Waals surface area (Å²) in [7, 11) is 0. The normalized spacial score (nSPS) is 11.3. The molecular weight excluding hydrogens is 732 g/mol. The average Bonchev–Trinajstić information content (AvgIpc) is 3.21. The number of unbranched alkanes of at least 4 members (excludes halogenated alkanes) is 6. The maximum Gasteiger partial charge on any atom is 0.338 e. The Kier molecular flexibility index (Phi) is 40.5. The van der Waals surface area contributed by atoms with E-state index in [1.165, 1.54) is 32.1 Å². The minimum atomic E-state index is -0.359. The minimum Gasteiger partial charge on any atom is -0.463 e. The molecule has 0 aliphatic rings. The molecule has 56 heavy (non-hydrogen) atoms. The van der Waals surface area contributed by atoms with Crippen LogP contribution >= 0.6 is 0 Å². The lowest BCUT2D eigenvalue weighted by Gasteiger charge is -2.09. The molecule has 0 unspecified atom stereocenters. The summed E-state index contributed by atoms with van der Waals surface area (Å²) in [5, 5.41) is 0. The van der Waals surface area contributed by atoms with E-state index >= 15 is 0 Å². The molecule has 15 nitrogen and oxygen atoms in total. The molecule has 1 aromatic rings. The fourth-order valence-electron chi connectivity index (χ4n) is 4.67. The average molecular weight is 805 g/mol. The molecule has 0 atom stereocenters. The molecule has 1 aromatic carbocycles. The van der Waals surface area contributed by atoms with Crippen LogP contribution in [0.25, 0.3) is 0 Å². The molecule has 0 aliphatic carbocycles. The maximum atomic E-state index is 11.8. The molecule has 15 heteroatoms. The van der Waals surface area contributed by atoms with Crippen molar-refractivity contribution in [1.82, 2.24) is 0 Å². The first-order chi connectivity index (χ1) is 27.7. The van der Waals surface area contributed by atoms with E-state index in [-0.39, 0.29) is 25.2 Å². The zero-order chi connectivity index (χ0) is 40.1. The van der Waals surface area contributed by atoms with E-state index in [1.54, 1.807) is 24.3 Å². The van der Waals surface area contributed by atoms with Gasteiger partial charge in [0.2, 0.25) is 0 Å². The first-order valence-corrected chi connectivity index (χ1v) is 20.5. The van der Waals surface area contributed by atoms with E-state index in [9.17, 15) is 9.59 Å². The molecule has 1 rings (SSSR count). The number of hydrogen-bond acceptors (Lipinski definition) is 15. The van der Waals surface area contributed by atoms with Gasteiger partial charge < -0.3 is 61.6 Å². The van der Waals surface area contributed by atoms with Crippen molar-refractivity contribution in [3.8, 4) is 0 Å². The third-order valence-corrected chi connectivity index (χ3v) is 7.67. The summed E-state index contributed by atoms with van der Waals surface area (Å²) in [5.74, 6) is -0.504. The van der Waals surface area contributed by atoms with Gasteiger partial charge in [-0.05, 0) is 18.6 Å². The quantitative estimate of drug-likeness (QED) is 0.0660. The third-order valence-electron chi connectivity index (χ3n) is 7.67.